The number of nitrogens with zero attached hydrogens (tertiary/aromatic N) is 2. The molecule has 0 heterocycles. The van der Waals surface area contributed by atoms with Gasteiger partial charge in [-0.3, -0.25) is 9.59 Å². The van der Waals surface area contributed by atoms with E-state index in [1.165, 1.54) is 6.20 Å². The van der Waals surface area contributed by atoms with Crippen LogP contribution in [0.1, 0.15) is 33.1 Å². The largest absolute Gasteiger partial charge is 0.481 e. The van der Waals surface area contributed by atoms with E-state index in [0.29, 0.717) is 13.0 Å². The third kappa shape index (κ3) is 9.77. The van der Waals surface area contributed by atoms with Crippen LogP contribution in [0.5, 0.6) is 0 Å². The summed E-state index contributed by atoms with van der Waals surface area (Å²) in [6.07, 6.45) is 2.68. The van der Waals surface area contributed by atoms with Crippen molar-refractivity contribution in [3.8, 4) is 6.07 Å². The zero-order valence-corrected chi connectivity index (χ0v) is 13.4. The lowest BCUT2D eigenvalue weighted by atomic mass is 10.2. The lowest BCUT2D eigenvalue weighted by molar-refractivity contribution is -0.137. The Morgan fingerprint density at radius 3 is 2.45 bits per heavy atom. The number of carboxylic acid groups (broad SMARTS) is 1. The quantitative estimate of drug-likeness (QED) is 0.278. The van der Waals surface area contributed by atoms with Crippen LogP contribution in [-0.2, 0) is 9.59 Å². The smallest absolute Gasteiger partial charge is 0.303 e. The lowest BCUT2D eigenvalue weighted by Crippen LogP contribution is -2.28. The summed E-state index contributed by atoms with van der Waals surface area (Å²) in [6.45, 7) is 8.14. The topological polar surface area (TPSA) is 105 Å². The molecule has 0 fully saturated rings. The van der Waals surface area contributed by atoms with Gasteiger partial charge in [-0.1, -0.05) is 13.8 Å². The van der Waals surface area contributed by atoms with Gasteiger partial charge in [0.05, 0.1) is 0 Å². The molecule has 0 aliphatic carbocycles. The van der Waals surface area contributed by atoms with E-state index in [2.05, 4.69) is 29.4 Å². The van der Waals surface area contributed by atoms with Crippen molar-refractivity contribution >= 4 is 11.9 Å². The number of carboxylic acids is 1. The molecule has 7 heteroatoms. The Labute approximate surface area is 132 Å². The SMILES string of the molecule is CCN(CC)CCCN/C=C(/C#N)C(=O)NCCCC(=O)O. The zero-order chi connectivity index (χ0) is 16.8. The molecule has 0 aliphatic rings. The number of rotatable bonds is 12. The summed E-state index contributed by atoms with van der Waals surface area (Å²) >= 11 is 0. The minimum atomic E-state index is -0.903. The van der Waals surface area contributed by atoms with Crippen molar-refractivity contribution in [3.05, 3.63) is 11.8 Å². The van der Waals surface area contributed by atoms with Crippen molar-refractivity contribution in [2.24, 2.45) is 0 Å². The van der Waals surface area contributed by atoms with Gasteiger partial charge in [-0.25, -0.2) is 0 Å². The fraction of sp³-hybridized carbons (Fsp3) is 0.667. The average Bonchev–Trinajstić information content (AvgIpc) is 2.50. The summed E-state index contributed by atoms with van der Waals surface area (Å²) in [7, 11) is 0. The van der Waals surface area contributed by atoms with Crippen molar-refractivity contribution in [2.75, 3.05) is 32.7 Å². The molecule has 1 amide bonds. The van der Waals surface area contributed by atoms with Crippen LogP contribution in [0.3, 0.4) is 0 Å². The third-order valence-electron chi connectivity index (χ3n) is 3.15. The van der Waals surface area contributed by atoms with Crippen LogP contribution in [-0.4, -0.2) is 54.6 Å². The Hall–Kier alpha value is -2.07. The minimum absolute atomic E-state index is 0.00170. The van der Waals surface area contributed by atoms with E-state index in [-0.39, 0.29) is 18.5 Å². The van der Waals surface area contributed by atoms with E-state index >= 15 is 0 Å². The second kappa shape index (κ2) is 12.7. The molecule has 0 aliphatic heterocycles. The van der Waals surface area contributed by atoms with Crippen molar-refractivity contribution in [1.29, 1.82) is 5.26 Å². The maximum Gasteiger partial charge on any atom is 0.303 e. The van der Waals surface area contributed by atoms with E-state index < -0.39 is 11.9 Å². The highest BCUT2D eigenvalue weighted by atomic mass is 16.4. The molecule has 3 N–H and O–H groups in total. The van der Waals surface area contributed by atoms with Gasteiger partial charge in [0.25, 0.3) is 5.91 Å². The van der Waals surface area contributed by atoms with Crippen LogP contribution in [0.2, 0.25) is 0 Å². The number of nitrogens with one attached hydrogen (secondary N) is 2. The molecule has 0 bridgehead atoms. The first-order chi connectivity index (χ1) is 10.5. The molecule has 22 heavy (non-hydrogen) atoms. The van der Waals surface area contributed by atoms with E-state index in [4.69, 9.17) is 10.4 Å². The standard InChI is InChI=1S/C15H26N4O3/c1-3-19(4-2)10-6-8-17-12-13(11-16)15(22)18-9-5-7-14(20)21/h12,17H,3-10H2,1-2H3,(H,18,22)(H,20,21)/b13-12-. The van der Waals surface area contributed by atoms with Gasteiger partial charge >= 0.3 is 5.97 Å². The van der Waals surface area contributed by atoms with Crippen molar-refractivity contribution in [2.45, 2.75) is 33.1 Å². The van der Waals surface area contributed by atoms with Gasteiger partial charge in [0, 0.05) is 25.7 Å². The molecule has 0 saturated carbocycles. The van der Waals surface area contributed by atoms with Gasteiger partial charge in [0.15, 0.2) is 0 Å². The molecule has 0 aromatic heterocycles. The molecule has 124 valence electrons. The van der Waals surface area contributed by atoms with Crippen LogP contribution in [0.25, 0.3) is 0 Å². The summed E-state index contributed by atoms with van der Waals surface area (Å²) in [4.78, 5) is 24.3. The number of amides is 1. The molecule has 0 aromatic carbocycles. The maximum atomic E-state index is 11.7. The Bertz CT molecular complexity index is 412. The summed E-state index contributed by atoms with van der Waals surface area (Å²) in [5, 5.41) is 22.9. The Balaban J connectivity index is 3.99. The van der Waals surface area contributed by atoms with Gasteiger partial charge in [0.1, 0.15) is 11.6 Å². The second-order valence-electron chi connectivity index (χ2n) is 4.76. The molecule has 0 unspecified atom stereocenters. The Morgan fingerprint density at radius 1 is 1.23 bits per heavy atom. The summed E-state index contributed by atoms with van der Waals surface area (Å²) < 4.78 is 0. The number of hydrogen-bond donors (Lipinski definition) is 3. The van der Waals surface area contributed by atoms with E-state index in [9.17, 15) is 9.59 Å². The predicted octanol–water partition coefficient (Wildman–Crippen LogP) is 0.696. The monoisotopic (exact) mass is 310 g/mol. The average molecular weight is 310 g/mol. The highest BCUT2D eigenvalue weighted by Crippen LogP contribution is 1.93. The summed E-state index contributed by atoms with van der Waals surface area (Å²) in [5.41, 5.74) is -0.00170. The van der Waals surface area contributed by atoms with E-state index in [1.807, 2.05) is 6.07 Å². The van der Waals surface area contributed by atoms with Crippen LogP contribution in [0.4, 0.5) is 0 Å². The molecule has 7 nitrogen and oxygen atoms in total. The lowest BCUT2D eigenvalue weighted by Gasteiger charge is -2.17. The first kappa shape index (κ1) is 19.9. The summed E-state index contributed by atoms with van der Waals surface area (Å²) in [6, 6.07) is 1.83. The number of carbonyl (C=O) groups excluding carboxylic acids is 1. The fourth-order valence-corrected chi connectivity index (χ4v) is 1.80. The molecular weight excluding hydrogens is 284 g/mol. The fourth-order valence-electron chi connectivity index (χ4n) is 1.80. The summed E-state index contributed by atoms with van der Waals surface area (Å²) in [5.74, 6) is -1.38. The Morgan fingerprint density at radius 2 is 1.91 bits per heavy atom. The van der Waals surface area contributed by atoms with E-state index in [0.717, 1.165) is 26.1 Å². The van der Waals surface area contributed by atoms with Gasteiger partial charge in [-0.2, -0.15) is 5.26 Å². The van der Waals surface area contributed by atoms with Gasteiger partial charge in [-0.15, -0.1) is 0 Å². The van der Waals surface area contributed by atoms with Crippen molar-refractivity contribution < 1.29 is 14.7 Å². The Kier molecular flexibility index (Phi) is 11.5. The second-order valence-corrected chi connectivity index (χ2v) is 4.76. The van der Waals surface area contributed by atoms with Crippen LogP contribution in [0, 0.1) is 11.3 Å². The first-order valence-corrected chi connectivity index (χ1v) is 7.61. The van der Waals surface area contributed by atoms with Crippen molar-refractivity contribution in [1.82, 2.24) is 15.5 Å². The van der Waals surface area contributed by atoms with Crippen LogP contribution >= 0.6 is 0 Å². The van der Waals surface area contributed by atoms with Gasteiger partial charge in [0.2, 0.25) is 0 Å². The molecule has 0 atom stereocenters. The molecule has 0 spiro atoms. The predicted molar refractivity (Wildman–Crippen MR) is 84.0 cm³/mol. The number of hydrogen-bond acceptors (Lipinski definition) is 5. The highest BCUT2D eigenvalue weighted by Gasteiger charge is 2.08. The highest BCUT2D eigenvalue weighted by molar-refractivity contribution is 5.97. The molecule has 0 aromatic rings. The van der Waals surface area contributed by atoms with Gasteiger partial charge in [-0.05, 0) is 32.5 Å². The first-order valence-electron chi connectivity index (χ1n) is 7.61. The van der Waals surface area contributed by atoms with Crippen LogP contribution < -0.4 is 10.6 Å². The minimum Gasteiger partial charge on any atom is -0.481 e. The zero-order valence-electron chi connectivity index (χ0n) is 13.4. The molecule has 0 rings (SSSR count). The van der Waals surface area contributed by atoms with Crippen molar-refractivity contribution in [3.63, 3.8) is 0 Å². The maximum absolute atomic E-state index is 11.7. The molecular formula is C15H26N4O3. The molecule has 0 saturated heterocycles. The number of carbonyl (C=O) groups is 2. The molecule has 0 radical (unpaired) electrons. The van der Waals surface area contributed by atoms with E-state index in [1.54, 1.807) is 0 Å². The number of nitriles is 1. The number of aliphatic carboxylic acids is 1. The normalized spacial score (nSPS) is 11.1. The van der Waals surface area contributed by atoms with Crippen LogP contribution in [0.15, 0.2) is 11.8 Å². The third-order valence-corrected chi connectivity index (χ3v) is 3.15. The van der Waals surface area contributed by atoms with Gasteiger partial charge < -0.3 is 20.6 Å².